The Kier molecular flexibility index (Phi) is 6.59. The fraction of sp³-hybridized carbons (Fsp3) is 0.400. The van der Waals surface area contributed by atoms with Crippen molar-refractivity contribution >= 4 is 11.8 Å². The summed E-state index contributed by atoms with van der Waals surface area (Å²) in [6.07, 6.45) is 2.36. The smallest absolute Gasteiger partial charge is 0.289 e. The number of nitrogens with zero attached hydrogens (tertiary/aromatic N) is 2. The molecule has 1 aromatic carbocycles. The minimum atomic E-state index is -0.242. The average molecular weight is 373 g/mol. The summed E-state index contributed by atoms with van der Waals surface area (Å²) in [7, 11) is 0. The maximum atomic E-state index is 13.5. The highest BCUT2D eigenvalue weighted by atomic mass is 19.1. The molecule has 2 aromatic rings. The molecule has 1 aliphatic heterocycles. The van der Waals surface area contributed by atoms with E-state index in [1.807, 2.05) is 0 Å². The lowest BCUT2D eigenvalue weighted by Crippen LogP contribution is -2.49. The molecular weight excluding hydrogens is 349 g/mol. The van der Waals surface area contributed by atoms with Crippen LogP contribution in [0.2, 0.25) is 0 Å². The molecule has 0 atom stereocenters. The number of carbonyl (C=O) groups excluding carboxylic acids is 2. The van der Waals surface area contributed by atoms with E-state index in [1.54, 1.807) is 35.2 Å². The minimum absolute atomic E-state index is 0.0413. The lowest BCUT2D eigenvalue weighted by atomic mass is 10.1. The molecular formula is C20H24FN3O3. The van der Waals surface area contributed by atoms with Crippen molar-refractivity contribution in [1.29, 1.82) is 0 Å². The summed E-state index contributed by atoms with van der Waals surface area (Å²) in [4.78, 5) is 28.1. The monoisotopic (exact) mass is 373 g/mol. The van der Waals surface area contributed by atoms with E-state index >= 15 is 0 Å². The molecule has 6 nitrogen and oxygen atoms in total. The van der Waals surface area contributed by atoms with Crippen molar-refractivity contribution in [3.05, 3.63) is 59.8 Å². The van der Waals surface area contributed by atoms with E-state index in [2.05, 4.69) is 10.2 Å². The molecule has 144 valence electrons. The largest absolute Gasteiger partial charge is 0.459 e. The SMILES string of the molecule is O=C(CCN1CCN(C(=O)c2ccco2)CC1)NCCc1ccccc1F. The molecule has 0 spiro atoms. The first kappa shape index (κ1) is 19.1. The third kappa shape index (κ3) is 5.40. The number of benzene rings is 1. The topological polar surface area (TPSA) is 65.8 Å². The molecule has 0 aliphatic carbocycles. The summed E-state index contributed by atoms with van der Waals surface area (Å²) in [5.41, 5.74) is 0.607. The van der Waals surface area contributed by atoms with Crippen molar-refractivity contribution in [3.8, 4) is 0 Å². The predicted octanol–water partition coefficient (Wildman–Crippen LogP) is 1.93. The van der Waals surface area contributed by atoms with E-state index in [0.29, 0.717) is 50.3 Å². The van der Waals surface area contributed by atoms with Crippen molar-refractivity contribution < 1.29 is 18.4 Å². The summed E-state index contributed by atoms with van der Waals surface area (Å²) in [6.45, 7) is 3.77. The van der Waals surface area contributed by atoms with Gasteiger partial charge in [-0.1, -0.05) is 18.2 Å². The van der Waals surface area contributed by atoms with E-state index in [0.717, 1.165) is 13.1 Å². The van der Waals surface area contributed by atoms with Crippen LogP contribution >= 0.6 is 0 Å². The van der Waals surface area contributed by atoms with Crippen LogP contribution in [-0.2, 0) is 11.2 Å². The Morgan fingerprint density at radius 3 is 2.56 bits per heavy atom. The van der Waals surface area contributed by atoms with Crippen LogP contribution in [0.15, 0.2) is 47.1 Å². The molecule has 1 saturated heterocycles. The second-order valence-corrected chi connectivity index (χ2v) is 6.55. The van der Waals surface area contributed by atoms with Gasteiger partial charge in [-0.25, -0.2) is 4.39 Å². The van der Waals surface area contributed by atoms with Gasteiger partial charge in [0, 0.05) is 45.7 Å². The Balaban J connectivity index is 1.32. The summed E-state index contributed by atoms with van der Waals surface area (Å²) in [5.74, 6) is -0.0163. The van der Waals surface area contributed by atoms with Crippen LogP contribution in [0.3, 0.4) is 0 Å². The molecule has 0 unspecified atom stereocenters. The average Bonchev–Trinajstić information content (AvgIpc) is 3.22. The highest BCUT2D eigenvalue weighted by Crippen LogP contribution is 2.10. The molecule has 1 fully saturated rings. The van der Waals surface area contributed by atoms with Crippen molar-refractivity contribution in [2.75, 3.05) is 39.3 Å². The van der Waals surface area contributed by atoms with E-state index in [1.165, 1.54) is 12.3 Å². The summed E-state index contributed by atoms with van der Waals surface area (Å²) < 4.78 is 18.7. The van der Waals surface area contributed by atoms with Gasteiger partial charge in [0.15, 0.2) is 5.76 Å². The first-order valence-corrected chi connectivity index (χ1v) is 9.19. The molecule has 0 radical (unpaired) electrons. The third-order valence-electron chi connectivity index (χ3n) is 4.72. The van der Waals surface area contributed by atoms with E-state index in [9.17, 15) is 14.0 Å². The highest BCUT2D eigenvalue weighted by molar-refractivity contribution is 5.91. The fourth-order valence-corrected chi connectivity index (χ4v) is 3.12. The van der Waals surface area contributed by atoms with Crippen molar-refractivity contribution in [2.45, 2.75) is 12.8 Å². The fourth-order valence-electron chi connectivity index (χ4n) is 3.12. The molecule has 1 aliphatic rings. The number of hydrogen-bond donors (Lipinski definition) is 1. The Bertz CT molecular complexity index is 756. The van der Waals surface area contributed by atoms with Gasteiger partial charge in [0.25, 0.3) is 5.91 Å². The molecule has 0 bridgehead atoms. The van der Waals surface area contributed by atoms with Crippen molar-refractivity contribution in [2.24, 2.45) is 0 Å². The molecule has 0 saturated carbocycles. The normalized spacial score (nSPS) is 14.9. The van der Waals surface area contributed by atoms with Gasteiger partial charge in [0.1, 0.15) is 5.82 Å². The number of piperazine rings is 1. The molecule has 1 aromatic heterocycles. The molecule has 3 rings (SSSR count). The molecule has 27 heavy (non-hydrogen) atoms. The van der Waals surface area contributed by atoms with Gasteiger partial charge in [0.2, 0.25) is 5.91 Å². The molecule has 7 heteroatoms. The summed E-state index contributed by atoms with van der Waals surface area (Å²) in [6, 6.07) is 9.96. The van der Waals surface area contributed by atoms with Gasteiger partial charge in [-0.3, -0.25) is 14.5 Å². The maximum absolute atomic E-state index is 13.5. The van der Waals surface area contributed by atoms with Crippen molar-refractivity contribution in [1.82, 2.24) is 15.1 Å². The molecule has 2 amide bonds. The summed E-state index contributed by atoms with van der Waals surface area (Å²) in [5, 5.41) is 2.83. The van der Waals surface area contributed by atoms with Crippen molar-refractivity contribution in [3.63, 3.8) is 0 Å². The zero-order chi connectivity index (χ0) is 19.1. The Labute approximate surface area is 157 Å². The standard InChI is InChI=1S/C20H24FN3O3/c21-17-5-2-1-4-16(17)7-9-22-19(25)8-10-23-11-13-24(14-12-23)20(26)18-6-3-15-27-18/h1-6,15H,7-14H2,(H,22,25). The zero-order valence-corrected chi connectivity index (χ0v) is 15.2. The van der Waals surface area contributed by atoms with Crippen LogP contribution < -0.4 is 5.32 Å². The van der Waals surface area contributed by atoms with Gasteiger partial charge in [-0.2, -0.15) is 0 Å². The lowest BCUT2D eigenvalue weighted by molar-refractivity contribution is -0.121. The van der Waals surface area contributed by atoms with Crippen LogP contribution in [0.1, 0.15) is 22.5 Å². The van der Waals surface area contributed by atoms with E-state index < -0.39 is 0 Å². The second-order valence-electron chi connectivity index (χ2n) is 6.55. The number of nitrogens with one attached hydrogen (secondary N) is 1. The van der Waals surface area contributed by atoms with E-state index in [-0.39, 0.29) is 17.6 Å². The third-order valence-corrected chi connectivity index (χ3v) is 4.72. The maximum Gasteiger partial charge on any atom is 0.289 e. The van der Waals surface area contributed by atoms with Gasteiger partial charge in [-0.05, 0) is 30.2 Å². The molecule has 2 heterocycles. The number of hydrogen-bond acceptors (Lipinski definition) is 4. The first-order valence-electron chi connectivity index (χ1n) is 9.19. The van der Waals surface area contributed by atoms with E-state index in [4.69, 9.17) is 4.42 Å². The van der Waals surface area contributed by atoms with Gasteiger partial charge >= 0.3 is 0 Å². The number of carbonyl (C=O) groups is 2. The Morgan fingerprint density at radius 2 is 1.85 bits per heavy atom. The number of rotatable bonds is 7. The first-order chi connectivity index (χ1) is 13.1. The zero-order valence-electron chi connectivity index (χ0n) is 15.2. The van der Waals surface area contributed by atoms with Crippen LogP contribution in [0, 0.1) is 5.82 Å². The van der Waals surface area contributed by atoms with Gasteiger partial charge in [-0.15, -0.1) is 0 Å². The van der Waals surface area contributed by atoms with Gasteiger partial charge < -0.3 is 14.6 Å². The second kappa shape index (κ2) is 9.32. The number of furan rings is 1. The van der Waals surface area contributed by atoms with Crippen LogP contribution in [0.4, 0.5) is 4.39 Å². The predicted molar refractivity (Wildman–Crippen MR) is 98.8 cm³/mol. The quantitative estimate of drug-likeness (QED) is 0.805. The molecule has 1 N–H and O–H groups in total. The minimum Gasteiger partial charge on any atom is -0.459 e. The highest BCUT2D eigenvalue weighted by Gasteiger charge is 2.23. The van der Waals surface area contributed by atoms with Crippen LogP contribution in [-0.4, -0.2) is 60.9 Å². The Hall–Kier alpha value is -2.67. The Morgan fingerprint density at radius 1 is 1.07 bits per heavy atom. The number of halogens is 1. The summed E-state index contributed by atoms with van der Waals surface area (Å²) >= 11 is 0. The number of amides is 2. The van der Waals surface area contributed by atoms with Crippen LogP contribution in [0.5, 0.6) is 0 Å². The van der Waals surface area contributed by atoms with Gasteiger partial charge in [0.05, 0.1) is 6.26 Å². The van der Waals surface area contributed by atoms with Crippen LogP contribution in [0.25, 0.3) is 0 Å². The lowest BCUT2D eigenvalue weighted by Gasteiger charge is -2.34.